The number of aliphatic hydroxyl groups is 1. The van der Waals surface area contributed by atoms with Crippen LogP contribution in [0.2, 0.25) is 0 Å². The molecule has 5 nitrogen and oxygen atoms in total. The molecule has 1 aromatic heterocycles. The summed E-state index contributed by atoms with van der Waals surface area (Å²) in [6.45, 7) is 2.72. The van der Waals surface area contributed by atoms with E-state index < -0.39 is 5.41 Å². The Balaban J connectivity index is 1.73. The van der Waals surface area contributed by atoms with Crippen molar-refractivity contribution in [3.63, 3.8) is 0 Å². The maximum atomic E-state index is 12.9. The molecule has 0 radical (unpaired) electrons. The fourth-order valence-corrected chi connectivity index (χ4v) is 5.88. The van der Waals surface area contributed by atoms with Crippen molar-refractivity contribution in [1.82, 2.24) is 9.88 Å². The van der Waals surface area contributed by atoms with Crippen LogP contribution in [0.4, 0.5) is 0 Å². The van der Waals surface area contributed by atoms with E-state index in [4.69, 9.17) is 4.74 Å². The van der Waals surface area contributed by atoms with Gasteiger partial charge in [0.1, 0.15) is 5.41 Å². The molecule has 5 heterocycles. The van der Waals surface area contributed by atoms with E-state index >= 15 is 0 Å². The summed E-state index contributed by atoms with van der Waals surface area (Å²) in [5.41, 5.74) is 4.12. The van der Waals surface area contributed by atoms with Crippen LogP contribution in [0, 0.1) is 11.3 Å². The van der Waals surface area contributed by atoms with Gasteiger partial charge in [-0.1, -0.05) is 29.8 Å². The molecule has 0 saturated carbocycles. The molecule has 3 fully saturated rings. The second kappa shape index (κ2) is 5.44. The maximum Gasteiger partial charge on any atom is 0.316 e. The summed E-state index contributed by atoms with van der Waals surface area (Å²) in [5.74, 6) is -0.245. The number of aromatic amines is 1. The number of carbonyl (C=O) groups excluding carboxylic acids is 1. The molecule has 4 bridgehead atoms. The summed E-state index contributed by atoms with van der Waals surface area (Å²) in [5, 5.41) is 11.7. The zero-order valence-electron chi connectivity index (χ0n) is 15.2. The number of para-hydroxylation sites is 1. The molecule has 1 aromatic carbocycles. The first-order valence-corrected chi connectivity index (χ1v) is 9.35. The van der Waals surface area contributed by atoms with Crippen molar-refractivity contribution in [2.75, 3.05) is 20.3 Å². The number of aromatic nitrogens is 1. The predicted molar refractivity (Wildman–Crippen MR) is 98.6 cm³/mol. The van der Waals surface area contributed by atoms with Gasteiger partial charge in [-0.25, -0.2) is 0 Å². The monoisotopic (exact) mass is 352 g/mol. The highest BCUT2D eigenvalue weighted by Crippen LogP contribution is 2.59. The van der Waals surface area contributed by atoms with E-state index in [1.165, 1.54) is 29.3 Å². The summed E-state index contributed by atoms with van der Waals surface area (Å²) in [6, 6.07) is 8.61. The molecule has 5 atom stereocenters. The fraction of sp³-hybridized carbons (Fsp3) is 0.476. The molecule has 136 valence electrons. The number of hydrogen-bond donors (Lipinski definition) is 2. The SMILES string of the molecule is CC=C1CN2[C@@H]3C[C@H]1[C@](CO)(C(=O)OC)[C@H]2Cc1c3[nH]c2ccccc12. The number of H-pyrrole nitrogens is 1. The lowest BCUT2D eigenvalue weighted by atomic mass is 9.55. The normalized spacial score (nSPS) is 36.3. The van der Waals surface area contributed by atoms with E-state index in [1.807, 2.05) is 13.0 Å². The number of methoxy groups -OCH3 is 1. The number of ether oxygens (including phenoxy) is 1. The second-order valence-electron chi connectivity index (χ2n) is 7.81. The predicted octanol–water partition coefficient (Wildman–Crippen LogP) is 2.57. The zero-order valence-corrected chi connectivity index (χ0v) is 15.2. The molecule has 4 aliphatic heterocycles. The van der Waals surface area contributed by atoms with Crippen LogP contribution in [-0.4, -0.2) is 47.3 Å². The Morgan fingerprint density at radius 2 is 2.27 bits per heavy atom. The summed E-state index contributed by atoms with van der Waals surface area (Å²) in [4.78, 5) is 19.0. The number of benzene rings is 1. The molecule has 6 rings (SSSR count). The van der Waals surface area contributed by atoms with Crippen LogP contribution in [0.15, 0.2) is 35.9 Å². The number of allylic oxidation sites excluding steroid dienone is 1. The molecule has 26 heavy (non-hydrogen) atoms. The third-order valence-electron chi connectivity index (χ3n) is 7.06. The number of rotatable bonds is 2. The molecule has 0 aliphatic carbocycles. The van der Waals surface area contributed by atoms with Crippen LogP contribution in [0.5, 0.6) is 0 Å². The van der Waals surface area contributed by atoms with Crippen molar-refractivity contribution in [2.24, 2.45) is 11.3 Å². The highest BCUT2D eigenvalue weighted by atomic mass is 16.5. The first-order valence-electron chi connectivity index (χ1n) is 9.35. The molecule has 2 N–H and O–H groups in total. The van der Waals surface area contributed by atoms with Gasteiger partial charge < -0.3 is 14.8 Å². The number of aliphatic hydroxyl groups excluding tert-OH is 1. The van der Waals surface area contributed by atoms with E-state index in [0.717, 1.165) is 24.9 Å². The summed E-state index contributed by atoms with van der Waals surface area (Å²) < 4.78 is 5.22. The quantitative estimate of drug-likeness (QED) is 0.644. The molecule has 0 spiro atoms. The average molecular weight is 352 g/mol. The van der Waals surface area contributed by atoms with E-state index in [9.17, 15) is 9.90 Å². The van der Waals surface area contributed by atoms with Crippen LogP contribution < -0.4 is 0 Å². The lowest BCUT2D eigenvalue weighted by Crippen LogP contribution is -2.69. The van der Waals surface area contributed by atoms with Crippen molar-refractivity contribution >= 4 is 16.9 Å². The third kappa shape index (κ3) is 1.75. The number of piperidine rings is 3. The largest absolute Gasteiger partial charge is 0.468 e. The van der Waals surface area contributed by atoms with Crippen LogP contribution >= 0.6 is 0 Å². The van der Waals surface area contributed by atoms with Crippen LogP contribution in [0.25, 0.3) is 10.9 Å². The van der Waals surface area contributed by atoms with Crippen LogP contribution in [0.3, 0.4) is 0 Å². The number of hydrogen-bond acceptors (Lipinski definition) is 4. The van der Waals surface area contributed by atoms with E-state index in [1.54, 1.807) is 0 Å². The number of nitrogens with zero attached hydrogens (tertiary/aromatic N) is 1. The van der Waals surface area contributed by atoms with Gasteiger partial charge in [0.25, 0.3) is 0 Å². The highest BCUT2D eigenvalue weighted by Gasteiger charge is 2.64. The van der Waals surface area contributed by atoms with Gasteiger partial charge in [-0.05, 0) is 31.4 Å². The van der Waals surface area contributed by atoms with Crippen LogP contribution in [-0.2, 0) is 16.0 Å². The van der Waals surface area contributed by atoms with Crippen molar-refractivity contribution < 1.29 is 14.6 Å². The summed E-state index contributed by atoms with van der Waals surface area (Å²) in [6.07, 6.45) is 3.72. The van der Waals surface area contributed by atoms with Crippen molar-refractivity contribution in [1.29, 1.82) is 0 Å². The van der Waals surface area contributed by atoms with Crippen LogP contribution in [0.1, 0.15) is 30.6 Å². The summed E-state index contributed by atoms with van der Waals surface area (Å²) >= 11 is 0. The molecule has 3 saturated heterocycles. The smallest absolute Gasteiger partial charge is 0.316 e. The average Bonchev–Trinajstić information content (AvgIpc) is 3.06. The van der Waals surface area contributed by atoms with Crippen molar-refractivity contribution in [3.8, 4) is 0 Å². The minimum atomic E-state index is -0.874. The van der Waals surface area contributed by atoms with Gasteiger partial charge in [0.15, 0.2) is 0 Å². The number of esters is 1. The zero-order chi connectivity index (χ0) is 18.1. The van der Waals surface area contributed by atoms with Gasteiger partial charge in [-0.3, -0.25) is 9.69 Å². The molecule has 0 amide bonds. The van der Waals surface area contributed by atoms with Gasteiger partial charge >= 0.3 is 5.97 Å². The topological polar surface area (TPSA) is 65.6 Å². The second-order valence-corrected chi connectivity index (χ2v) is 7.81. The van der Waals surface area contributed by atoms with Gasteiger partial charge in [-0.2, -0.15) is 0 Å². The third-order valence-corrected chi connectivity index (χ3v) is 7.06. The molecule has 5 heteroatoms. The number of nitrogens with one attached hydrogen (secondary N) is 1. The Hall–Kier alpha value is -2.11. The fourth-order valence-electron chi connectivity index (χ4n) is 5.88. The molecular formula is C21H24N2O3. The van der Waals surface area contributed by atoms with Gasteiger partial charge in [-0.15, -0.1) is 0 Å². The first-order chi connectivity index (χ1) is 12.7. The van der Waals surface area contributed by atoms with Gasteiger partial charge in [0, 0.05) is 35.1 Å². The molecule has 1 unspecified atom stereocenters. The standard InChI is InChI=1S/C21H24N2O3/c1-3-12-10-23-17-9-15(12)21(11-24,20(25)26-2)18(23)8-14-13-6-4-5-7-16(13)22-19(14)17/h3-7,15,17-18,22,24H,8-11H2,1-2H3/t15-,17-,18-,21+/m1/s1. The highest BCUT2D eigenvalue weighted by molar-refractivity contribution is 5.86. The van der Waals surface area contributed by atoms with E-state index in [-0.39, 0.29) is 30.6 Å². The Labute approximate surface area is 152 Å². The van der Waals surface area contributed by atoms with Crippen molar-refractivity contribution in [3.05, 3.63) is 47.2 Å². The van der Waals surface area contributed by atoms with E-state index in [2.05, 4.69) is 34.2 Å². The lowest BCUT2D eigenvalue weighted by Gasteiger charge is -2.62. The van der Waals surface area contributed by atoms with Gasteiger partial charge in [0.2, 0.25) is 0 Å². The maximum absolute atomic E-state index is 12.9. The first kappa shape index (κ1) is 16.1. The Bertz CT molecular complexity index is 930. The number of carbonyl (C=O) groups is 1. The van der Waals surface area contributed by atoms with E-state index in [0.29, 0.717) is 0 Å². The van der Waals surface area contributed by atoms with Gasteiger partial charge in [0.05, 0.1) is 19.8 Å². The lowest BCUT2D eigenvalue weighted by molar-refractivity contribution is -0.183. The Morgan fingerprint density at radius 3 is 3.00 bits per heavy atom. The summed E-state index contributed by atoms with van der Waals surface area (Å²) in [7, 11) is 1.43. The Morgan fingerprint density at radius 1 is 1.46 bits per heavy atom. The molecule has 2 aromatic rings. The number of fused-ring (bicyclic) bond motifs is 4. The molecule has 4 aliphatic rings. The van der Waals surface area contributed by atoms with Crippen molar-refractivity contribution in [2.45, 2.75) is 31.8 Å². The molecular weight excluding hydrogens is 328 g/mol. The minimum absolute atomic E-state index is 0.0286. The minimum Gasteiger partial charge on any atom is -0.468 e. The Kier molecular flexibility index (Phi) is 3.37.